The number of hydrogen-bond acceptors (Lipinski definition) is 1. The first-order chi connectivity index (χ1) is 5.86. The van der Waals surface area contributed by atoms with Crippen LogP contribution in [0.25, 0.3) is 6.08 Å². The molecule has 1 aromatic carbocycles. The quantitative estimate of drug-likeness (QED) is 0.538. The smallest absolute Gasteiger partial charge is 0.0643 e. The predicted octanol–water partition coefficient (Wildman–Crippen LogP) is 1.13. The molecule has 2 rings (SSSR count). The van der Waals surface area contributed by atoms with Crippen molar-refractivity contribution in [2.45, 2.75) is 13.3 Å². The van der Waals surface area contributed by atoms with Crippen LogP contribution < -0.4 is 10.6 Å². The van der Waals surface area contributed by atoms with Crippen LogP contribution in [-0.4, -0.2) is 6.54 Å². The average molecular weight is 159 g/mol. The molecule has 0 N–H and O–H groups in total. The Kier molecular flexibility index (Phi) is 1.94. The Morgan fingerprint density at radius 3 is 3.08 bits per heavy atom. The minimum Gasteiger partial charge on any atom is -0.284 e. The molecule has 1 atom stereocenters. The van der Waals surface area contributed by atoms with E-state index < -0.39 is 0 Å². The van der Waals surface area contributed by atoms with Gasteiger partial charge in [-0.05, 0) is 23.6 Å². The molecule has 1 heterocycles. The van der Waals surface area contributed by atoms with E-state index in [4.69, 9.17) is 0 Å². The Labute approximate surface area is 72.5 Å². The molecule has 62 valence electrons. The van der Waals surface area contributed by atoms with Gasteiger partial charge in [-0.1, -0.05) is 31.2 Å². The van der Waals surface area contributed by atoms with Gasteiger partial charge in [0.15, 0.2) is 0 Å². The molecular weight excluding hydrogens is 146 g/mol. The van der Waals surface area contributed by atoms with Crippen molar-refractivity contribution in [2.75, 3.05) is 6.54 Å². The second-order valence-electron chi connectivity index (χ2n) is 3.44. The minimum absolute atomic E-state index is 0.692. The molecule has 0 fully saturated rings. The van der Waals surface area contributed by atoms with Crippen LogP contribution in [0.4, 0.5) is 0 Å². The van der Waals surface area contributed by atoms with Crippen LogP contribution in [0.15, 0.2) is 29.3 Å². The standard InChI is InChI=1S/C11H13N/c1-9-6-7-10-4-2-3-5-11(10)12-8-9/h2-5,7,9H,6,8H2,1H3. The van der Waals surface area contributed by atoms with Crippen molar-refractivity contribution in [1.82, 2.24) is 0 Å². The molecule has 0 saturated carbocycles. The SMILES string of the molecule is CC1CC=c2ccccc2=NC1. The lowest BCUT2D eigenvalue weighted by atomic mass is 10.1. The fraction of sp³-hybridized carbons (Fsp3) is 0.364. The summed E-state index contributed by atoms with van der Waals surface area (Å²) < 4.78 is 0. The molecule has 1 unspecified atom stereocenters. The highest BCUT2D eigenvalue weighted by Crippen LogP contribution is 2.03. The van der Waals surface area contributed by atoms with Crippen molar-refractivity contribution in [2.24, 2.45) is 10.9 Å². The van der Waals surface area contributed by atoms with Crippen molar-refractivity contribution < 1.29 is 0 Å². The zero-order valence-electron chi connectivity index (χ0n) is 7.33. The second kappa shape index (κ2) is 3.10. The third kappa shape index (κ3) is 1.40. The molecule has 0 saturated heterocycles. The van der Waals surface area contributed by atoms with E-state index in [9.17, 15) is 0 Å². The van der Waals surface area contributed by atoms with Gasteiger partial charge < -0.3 is 0 Å². The van der Waals surface area contributed by atoms with E-state index in [1.807, 2.05) is 6.07 Å². The van der Waals surface area contributed by atoms with Crippen molar-refractivity contribution >= 4 is 6.08 Å². The first-order valence-corrected chi connectivity index (χ1v) is 4.46. The summed E-state index contributed by atoms with van der Waals surface area (Å²) >= 11 is 0. The van der Waals surface area contributed by atoms with Crippen molar-refractivity contribution in [3.63, 3.8) is 0 Å². The van der Waals surface area contributed by atoms with Crippen LogP contribution >= 0.6 is 0 Å². The Morgan fingerprint density at radius 2 is 2.17 bits per heavy atom. The molecule has 1 nitrogen and oxygen atoms in total. The number of para-hydroxylation sites is 1. The monoisotopic (exact) mass is 159 g/mol. The third-order valence-corrected chi connectivity index (χ3v) is 2.25. The van der Waals surface area contributed by atoms with Gasteiger partial charge in [0, 0.05) is 6.54 Å². The lowest BCUT2D eigenvalue weighted by molar-refractivity contribution is 0.619. The summed E-state index contributed by atoms with van der Waals surface area (Å²) in [5.74, 6) is 0.692. The Hall–Kier alpha value is -1.11. The maximum absolute atomic E-state index is 4.54. The first-order valence-electron chi connectivity index (χ1n) is 4.46. The number of benzene rings is 1. The van der Waals surface area contributed by atoms with Crippen molar-refractivity contribution in [3.05, 3.63) is 34.8 Å². The molecule has 0 aromatic heterocycles. The van der Waals surface area contributed by atoms with Gasteiger partial charge in [-0.15, -0.1) is 0 Å². The number of nitrogens with zero attached hydrogens (tertiary/aromatic N) is 1. The molecule has 1 aliphatic heterocycles. The van der Waals surface area contributed by atoms with E-state index in [0.717, 1.165) is 18.3 Å². The molecule has 0 amide bonds. The molecule has 0 spiro atoms. The van der Waals surface area contributed by atoms with Crippen LogP contribution in [0.1, 0.15) is 13.3 Å². The van der Waals surface area contributed by atoms with Crippen LogP contribution in [0, 0.1) is 5.92 Å². The maximum atomic E-state index is 4.54. The van der Waals surface area contributed by atoms with Gasteiger partial charge in [-0.2, -0.15) is 0 Å². The maximum Gasteiger partial charge on any atom is 0.0643 e. The third-order valence-electron chi connectivity index (χ3n) is 2.25. The number of hydrogen-bond donors (Lipinski definition) is 0. The van der Waals surface area contributed by atoms with Gasteiger partial charge >= 0.3 is 0 Å². The van der Waals surface area contributed by atoms with E-state index in [1.165, 1.54) is 5.22 Å². The highest BCUT2D eigenvalue weighted by Gasteiger charge is 2.00. The Bertz CT molecular complexity index is 341. The normalized spacial score (nSPS) is 21.6. The van der Waals surface area contributed by atoms with Crippen LogP contribution in [-0.2, 0) is 0 Å². The molecule has 1 heteroatoms. The lowest BCUT2D eigenvalue weighted by Gasteiger charge is -1.99. The van der Waals surface area contributed by atoms with Gasteiger partial charge in [0.2, 0.25) is 0 Å². The summed E-state index contributed by atoms with van der Waals surface area (Å²) in [5.41, 5.74) is 0. The highest BCUT2D eigenvalue weighted by atomic mass is 14.7. The molecule has 0 radical (unpaired) electrons. The summed E-state index contributed by atoms with van der Waals surface area (Å²) in [7, 11) is 0. The van der Waals surface area contributed by atoms with Gasteiger partial charge in [-0.3, -0.25) is 4.99 Å². The van der Waals surface area contributed by atoms with Gasteiger partial charge in [0.25, 0.3) is 0 Å². The van der Waals surface area contributed by atoms with Gasteiger partial charge in [0.1, 0.15) is 0 Å². The van der Waals surface area contributed by atoms with Crippen LogP contribution in [0.3, 0.4) is 0 Å². The predicted molar refractivity (Wildman–Crippen MR) is 50.3 cm³/mol. The van der Waals surface area contributed by atoms with E-state index in [2.05, 4.69) is 36.2 Å². The average Bonchev–Trinajstić information content (AvgIpc) is 2.29. The van der Waals surface area contributed by atoms with Crippen molar-refractivity contribution in [3.8, 4) is 0 Å². The highest BCUT2D eigenvalue weighted by molar-refractivity contribution is 5.24. The fourth-order valence-corrected chi connectivity index (χ4v) is 1.46. The first kappa shape index (κ1) is 7.53. The largest absolute Gasteiger partial charge is 0.284 e. The summed E-state index contributed by atoms with van der Waals surface area (Å²) in [6.07, 6.45) is 3.44. The summed E-state index contributed by atoms with van der Waals surface area (Å²) in [4.78, 5) is 4.54. The zero-order chi connectivity index (χ0) is 8.39. The molecular formula is C11H13N. The Morgan fingerprint density at radius 1 is 1.33 bits per heavy atom. The molecule has 1 aliphatic rings. The van der Waals surface area contributed by atoms with E-state index in [-0.39, 0.29) is 0 Å². The molecule has 12 heavy (non-hydrogen) atoms. The van der Waals surface area contributed by atoms with Gasteiger partial charge in [-0.25, -0.2) is 0 Å². The van der Waals surface area contributed by atoms with Crippen LogP contribution in [0.2, 0.25) is 0 Å². The summed E-state index contributed by atoms with van der Waals surface area (Å²) in [6, 6.07) is 8.34. The van der Waals surface area contributed by atoms with E-state index in [0.29, 0.717) is 5.92 Å². The summed E-state index contributed by atoms with van der Waals surface area (Å²) in [6.45, 7) is 3.21. The number of fused-ring (bicyclic) bond motifs is 1. The molecule has 1 aromatic rings. The summed E-state index contributed by atoms with van der Waals surface area (Å²) in [5, 5.41) is 2.45. The van der Waals surface area contributed by atoms with E-state index >= 15 is 0 Å². The lowest BCUT2D eigenvalue weighted by Crippen LogP contribution is -2.23. The second-order valence-corrected chi connectivity index (χ2v) is 3.44. The minimum atomic E-state index is 0.692. The topological polar surface area (TPSA) is 12.4 Å². The van der Waals surface area contributed by atoms with Crippen LogP contribution in [0.5, 0.6) is 0 Å². The molecule has 0 bridgehead atoms. The zero-order valence-corrected chi connectivity index (χ0v) is 7.33. The number of rotatable bonds is 0. The van der Waals surface area contributed by atoms with Gasteiger partial charge in [0.05, 0.1) is 5.36 Å². The molecule has 0 aliphatic carbocycles. The fourth-order valence-electron chi connectivity index (χ4n) is 1.46. The Balaban J connectivity index is 2.61. The van der Waals surface area contributed by atoms with E-state index in [1.54, 1.807) is 0 Å². The van der Waals surface area contributed by atoms with Crippen molar-refractivity contribution in [1.29, 1.82) is 0 Å².